The first-order valence-electron chi connectivity index (χ1n) is 9.20. The molecule has 0 spiro atoms. The second-order valence-corrected chi connectivity index (χ2v) is 9.08. The number of hydrogen-bond acceptors (Lipinski definition) is 3. The summed E-state index contributed by atoms with van der Waals surface area (Å²) in [4.78, 5) is 0.204. The van der Waals surface area contributed by atoms with E-state index in [0.717, 1.165) is 40.9 Å². The first kappa shape index (κ1) is 22.1. The number of methoxy groups -OCH3 is 1. The number of sulfone groups is 1. The smallest absolute Gasteiger partial charge is 0.384 e. The lowest BCUT2D eigenvalue weighted by molar-refractivity contribution is -0.137. The number of benzene rings is 2. The predicted octanol–water partition coefficient (Wildman–Crippen LogP) is 5.06. The Hall–Kier alpha value is -2.58. The molecule has 0 bridgehead atoms. The number of aromatic nitrogens is 1. The Morgan fingerprint density at radius 3 is 2.10 bits per heavy atom. The average molecular weight is 437 g/mol. The molecule has 0 fully saturated rings. The summed E-state index contributed by atoms with van der Waals surface area (Å²) in [5, 5.41) is 0. The van der Waals surface area contributed by atoms with E-state index in [0.29, 0.717) is 18.7 Å². The molecule has 0 atom stereocenters. The summed E-state index contributed by atoms with van der Waals surface area (Å²) in [5.41, 5.74) is 3.28. The van der Waals surface area contributed by atoms with E-state index in [1.165, 1.54) is 24.3 Å². The van der Waals surface area contributed by atoms with Gasteiger partial charge in [-0.1, -0.05) is 12.1 Å². The lowest BCUT2D eigenvalue weighted by Crippen LogP contribution is -2.06. The van der Waals surface area contributed by atoms with Gasteiger partial charge in [0.1, 0.15) is 0 Å². The molecule has 3 aromatic rings. The van der Waals surface area contributed by atoms with Gasteiger partial charge in [0.15, 0.2) is 9.84 Å². The van der Waals surface area contributed by atoms with Crippen LogP contribution in [0.2, 0.25) is 0 Å². The van der Waals surface area contributed by atoms with Gasteiger partial charge < -0.3 is 9.30 Å². The van der Waals surface area contributed by atoms with Crippen molar-refractivity contribution in [2.45, 2.75) is 24.4 Å². The van der Waals surface area contributed by atoms with Crippen molar-refractivity contribution in [2.75, 3.05) is 20.0 Å². The van der Waals surface area contributed by atoms with Crippen LogP contribution in [0.5, 0.6) is 0 Å². The maximum absolute atomic E-state index is 13.0. The van der Waals surface area contributed by atoms with Crippen molar-refractivity contribution in [3.05, 3.63) is 71.4 Å². The highest BCUT2D eigenvalue weighted by Crippen LogP contribution is 2.33. The van der Waals surface area contributed by atoms with Crippen LogP contribution in [0.25, 0.3) is 16.9 Å². The molecular weight excluding hydrogens is 415 g/mol. The fraction of sp³-hybridized carbons (Fsp3) is 0.273. The molecule has 160 valence electrons. The average Bonchev–Trinajstić information content (AvgIpc) is 3.01. The van der Waals surface area contributed by atoms with Gasteiger partial charge in [-0.3, -0.25) is 0 Å². The Morgan fingerprint density at radius 2 is 1.60 bits per heavy atom. The second kappa shape index (κ2) is 8.28. The molecule has 1 aromatic heterocycles. The van der Waals surface area contributed by atoms with Gasteiger partial charge in [-0.15, -0.1) is 0 Å². The molecule has 0 unspecified atom stereocenters. The van der Waals surface area contributed by atoms with E-state index in [1.807, 2.05) is 17.6 Å². The van der Waals surface area contributed by atoms with Crippen LogP contribution >= 0.6 is 0 Å². The first-order chi connectivity index (χ1) is 14.0. The molecule has 0 saturated carbocycles. The van der Waals surface area contributed by atoms with Crippen molar-refractivity contribution >= 4 is 9.84 Å². The third-order valence-corrected chi connectivity index (χ3v) is 6.09. The van der Waals surface area contributed by atoms with Crippen LogP contribution in [-0.2, 0) is 27.2 Å². The lowest BCUT2D eigenvalue weighted by Gasteiger charge is -2.14. The van der Waals surface area contributed by atoms with E-state index < -0.39 is 21.6 Å². The summed E-state index contributed by atoms with van der Waals surface area (Å²) in [5.74, 6) is 0. The van der Waals surface area contributed by atoms with Crippen LogP contribution in [0.1, 0.15) is 16.8 Å². The molecule has 0 amide bonds. The van der Waals surface area contributed by atoms with Crippen molar-refractivity contribution in [1.82, 2.24) is 4.57 Å². The Bertz CT molecular complexity index is 1130. The van der Waals surface area contributed by atoms with Gasteiger partial charge in [-0.2, -0.15) is 13.2 Å². The molecule has 4 nitrogen and oxygen atoms in total. The summed E-state index contributed by atoms with van der Waals surface area (Å²) in [6, 6.07) is 13.4. The fourth-order valence-electron chi connectivity index (χ4n) is 3.34. The Morgan fingerprint density at radius 1 is 1.00 bits per heavy atom. The van der Waals surface area contributed by atoms with Crippen LogP contribution in [-0.4, -0.2) is 33.0 Å². The fourth-order valence-corrected chi connectivity index (χ4v) is 3.97. The molecule has 0 N–H and O–H groups in total. The number of halogens is 3. The van der Waals surface area contributed by atoms with Crippen molar-refractivity contribution in [3.8, 4) is 16.9 Å². The molecular formula is C22H22F3NO3S. The van der Waals surface area contributed by atoms with Crippen LogP contribution < -0.4 is 0 Å². The number of alkyl halides is 3. The molecule has 8 heteroatoms. The number of rotatable bonds is 6. The summed E-state index contributed by atoms with van der Waals surface area (Å²) >= 11 is 0. The third-order valence-electron chi connectivity index (χ3n) is 4.96. The highest BCUT2D eigenvalue weighted by molar-refractivity contribution is 7.90. The Kier molecular flexibility index (Phi) is 6.10. The molecule has 1 heterocycles. The van der Waals surface area contributed by atoms with Gasteiger partial charge in [-0.25, -0.2) is 8.42 Å². The minimum absolute atomic E-state index is 0.204. The molecule has 0 aliphatic rings. The van der Waals surface area contributed by atoms with Gasteiger partial charge in [0.05, 0.1) is 22.8 Å². The number of ether oxygens (including phenoxy) is 1. The van der Waals surface area contributed by atoms with Gasteiger partial charge in [0.2, 0.25) is 0 Å². The van der Waals surface area contributed by atoms with E-state index in [-0.39, 0.29) is 4.90 Å². The van der Waals surface area contributed by atoms with E-state index >= 15 is 0 Å². The standard InChI is InChI=1S/C22H22F3NO3S/c1-15-17(12-13-29-2)14-21(16-4-10-20(11-5-16)30(3,27)28)26(15)19-8-6-18(7-9-19)22(23,24)25/h4-11,14H,12-13H2,1-3H3. The van der Waals surface area contributed by atoms with Crippen molar-refractivity contribution in [3.63, 3.8) is 0 Å². The number of hydrogen-bond donors (Lipinski definition) is 0. The quantitative estimate of drug-likeness (QED) is 0.541. The zero-order valence-electron chi connectivity index (χ0n) is 16.8. The summed E-state index contributed by atoms with van der Waals surface area (Å²) in [7, 11) is -1.72. The zero-order valence-corrected chi connectivity index (χ0v) is 17.6. The minimum atomic E-state index is -4.40. The van der Waals surface area contributed by atoms with E-state index in [4.69, 9.17) is 4.74 Å². The topological polar surface area (TPSA) is 48.3 Å². The van der Waals surface area contributed by atoms with E-state index in [1.54, 1.807) is 19.2 Å². The largest absolute Gasteiger partial charge is 0.416 e. The highest BCUT2D eigenvalue weighted by atomic mass is 32.2. The SMILES string of the molecule is COCCc1cc(-c2ccc(S(C)(=O)=O)cc2)n(-c2ccc(C(F)(F)F)cc2)c1C. The van der Waals surface area contributed by atoms with Crippen LogP contribution in [0.15, 0.2) is 59.5 Å². The molecule has 30 heavy (non-hydrogen) atoms. The third kappa shape index (κ3) is 4.60. The van der Waals surface area contributed by atoms with Gasteiger partial charge >= 0.3 is 6.18 Å². The Labute approximate surface area is 173 Å². The summed E-state index contributed by atoms with van der Waals surface area (Å²) < 4.78 is 69.4. The molecule has 3 rings (SSSR count). The van der Waals surface area contributed by atoms with Crippen LogP contribution in [0.3, 0.4) is 0 Å². The van der Waals surface area contributed by atoms with E-state index in [2.05, 4.69) is 0 Å². The van der Waals surface area contributed by atoms with Crippen molar-refractivity contribution in [2.24, 2.45) is 0 Å². The maximum Gasteiger partial charge on any atom is 0.416 e. The molecule has 0 radical (unpaired) electrons. The monoisotopic (exact) mass is 437 g/mol. The highest BCUT2D eigenvalue weighted by Gasteiger charge is 2.30. The minimum Gasteiger partial charge on any atom is -0.384 e. The lowest BCUT2D eigenvalue weighted by atomic mass is 10.1. The van der Waals surface area contributed by atoms with Crippen LogP contribution in [0.4, 0.5) is 13.2 Å². The van der Waals surface area contributed by atoms with Gasteiger partial charge in [0.25, 0.3) is 0 Å². The van der Waals surface area contributed by atoms with Crippen LogP contribution in [0, 0.1) is 6.92 Å². The number of nitrogens with zero attached hydrogens (tertiary/aromatic N) is 1. The van der Waals surface area contributed by atoms with E-state index in [9.17, 15) is 21.6 Å². The Balaban J connectivity index is 2.13. The summed E-state index contributed by atoms with van der Waals surface area (Å²) in [6.45, 7) is 2.40. The molecule has 0 aliphatic carbocycles. The second-order valence-electron chi connectivity index (χ2n) is 7.06. The maximum atomic E-state index is 13.0. The molecule has 2 aromatic carbocycles. The van der Waals surface area contributed by atoms with Gasteiger partial charge in [0, 0.05) is 24.7 Å². The zero-order chi connectivity index (χ0) is 22.1. The molecule has 0 saturated heterocycles. The first-order valence-corrected chi connectivity index (χ1v) is 11.1. The molecule has 0 aliphatic heterocycles. The van der Waals surface area contributed by atoms with Crippen molar-refractivity contribution < 1.29 is 26.3 Å². The normalized spacial score (nSPS) is 12.3. The van der Waals surface area contributed by atoms with Gasteiger partial charge in [-0.05, 0) is 66.9 Å². The summed E-state index contributed by atoms with van der Waals surface area (Å²) in [6.07, 6.45) is -2.62. The predicted molar refractivity (Wildman–Crippen MR) is 110 cm³/mol. The van der Waals surface area contributed by atoms with Crippen molar-refractivity contribution in [1.29, 1.82) is 0 Å².